The molecule has 0 aliphatic carbocycles. The maximum absolute atomic E-state index is 13.7. The van der Waals surface area contributed by atoms with Crippen LogP contribution in [0.4, 0.5) is 5.69 Å². The number of pyridine rings is 1. The maximum atomic E-state index is 13.7. The number of halogens is 1. The lowest BCUT2D eigenvalue weighted by atomic mass is 10.0. The second-order valence-corrected chi connectivity index (χ2v) is 8.89. The lowest BCUT2D eigenvalue weighted by Gasteiger charge is -2.27. The van der Waals surface area contributed by atoms with Gasteiger partial charge in [-0.2, -0.15) is 0 Å². The van der Waals surface area contributed by atoms with Crippen LogP contribution in [0.15, 0.2) is 67.0 Å². The molecule has 1 saturated heterocycles. The van der Waals surface area contributed by atoms with Crippen LogP contribution in [0.25, 0.3) is 0 Å². The third-order valence-corrected chi connectivity index (χ3v) is 6.44. The highest BCUT2D eigenvalue weighted by Crippen LogP contribution is 2.41. The number of amides is 2. The Morgan fingerprint density at radius 1 is 0.971 bits per heavy atom. The molecule has 5 rings (SSSR count). The molecule has 0 bridgehead atoms. The van der Waals surface area contributed by atoms with Crippen molar-refractivity contribution in [2.24, 2.45) is 0 Å². The third kappa shape index (κ3) is 4.70. The van der Waals surface area contributed by atoms with Crippen molar-refractivity contribution in [1.82, 2.24) is 14.8 Å². The highest BCUT2D eigenvalue weighted by molar-refractivity contribution is 6.31. The molecule has 3 heterocycles. The number of hydrogen-bond donors (Lipinski definition) is 1. The predicted molar refractivity (Wildman–Crippen MR) is 130 cm³/mol. The molecule has 0 radical (unpaired) electrons. The minimum absolute atomic E-state index is 0.0488. The number of rotatable bonds is 3. The van der Waals surface area contributed by atoms with E-state index in [2.05, 4.69) is 10.3 Å². The molecule has 3 aromatic rings. The van der Waals surface area contributed by atoms with Crippen LogP contribution < -0.4 is 10.1 Å². The van der Waals surface area contributed by atoms with Crippen LogP contribution in [0.5, 0.6) is 11.5 Å². The number of para-hydroxylation sites is 1. The molecule has 34 heavy (non-hydrogen) atoms. The Morgan fingerprint density at radius 3 is 2.59 bits per heavy atom. The second kappa shape index (κ2) is 9.73. The van der Waals surface area contributed by atoms with Crippen molar-refractivity contribution in [2.45, 2.75) is 18.9 Å². The number of nitrogens with one attached hydrogen (secondary N) is 1. The van der Waals surface area contributed by atoms with Gasteiger partial charge in [0.2, 0.25) is 11.8 Å². The van der Waals surface area contributed by atoms with E-state index in [0.717, 1.165) is 17.5 Å². The fourth-order valence-electron chi connectivity index (χ4n) is 4.42. The zero-order chi connectivity index (χ0) is 23.5. The first-order valence-electron chi connectivity index (χ1n) is 11.4. The van der Waals surface area contributed by atoms with Gasteiger partial charge in [0, 0.05) is 49.2 Å². The van der Waals surface area contributed by atoms with Gasteiger partial charge in [-0.3, -0.25) is 14.6 Å². The molecule has 0 spiro atoms. The van der Waals surface area contributed by atoms with Gasteiger partial charge in [0.1, 0.15) is 11.8 Å². The minimum atomic E-state index is -0.616. The van der Waals surface area contributed by atoms with Gasteiger partial charge < -0.3 is 19.9 Å². The van der Waals surface area contributed by atoms with Gasteiger partial charge in [-0.05, 0) is 48.4 Å². The molecule has 174 valence electrons. The number of nitrogens with zero attached hydrogens (tertiary/aromatic N) is 3. The molecule has 2 aromatic carbocycles. The maximum Gasteiger partial charge on any atom is 0.249 e. The quantitative estimate of drug-likeness (QED) is 0.610. The molecular formula is C26H25ClN4O3. The molecule has 0 saturated carbocycles. The molecule has 1 fully saturated rings. The lowest BCUT2D eigenvalue weighted by molar-refractivity contribution is -0.133. The molecule has 2 aliphatic rings. The summed E-state index contributed by atoms with van der Waals surface area (Å²) in [7, 11) is 0. The van der Waals surface area contributed by atoms with E-state index in [4.69, 9.17) is 16.3 Å². The largest absolute Gasteiger partial charge is 0.455 e. The fourth-order valence-corrected chi connectivity index (χ4v) is 4.59. The van der Waals surface area contributed by atoms with E-state index in [1.54, 1.807) is 30.6 Å². The minimum Gasteiger partial charge on any atom is -0.455 e. The van der Waals surface area contributed by atoms with Crippen molar-refractivity contribution in [3.8, 4) is 11.5 Å². The SMILES string of the molecule is O=C(Cc1ccncc1)N1CCCN(C(=O)C2Nc3cc(Cl)ccc3Oc3ccccc32)CC1. The zero-order valence-corrected chi connectivity index (χ0v) is 19.4. The Bertz CT molecular complexity index is 1200. The van der Waals surface area contributed by atoms with Crippen molar-refractivity contribution in [1.29, 1.82) is 0 Å². The van der Waals surface area contributed by atoms with E-state index in [1.807, 2.05) is 46.2 Å². The average molecular weight is 477 g/mol. The Labute approximate surface area is 203 Å². The monoisotopic (exact) mass is 476 g/mol. The molecule has 2 aliphatic heterocycles. The van der Waals surface area contributed by atoms with E-state index < -0.39 is 6.04 Å². The summed E-state index contributed by atoms with van der Waals surface area (Å²) >= 11 is 6.21. The summed E-state index contributed by atoms with van der Waals surface area (Å²) in [5, 5.41) is 3.91. The van der Waals surface area contributed by atoms with Gasteiger partial charge in [-0.15, -0.1) is 0 Å². The van der Waals surface area contributed by atoms with Crippen LogP contribution in [0.2, 0.25) is 5.02 Å². The second-order valence-electron chi connectivity index (χ2n) is 8.45. The van der Waals surface area contributed by atoms with Gasteiger partial charge in [-0.25, -0.2) is 0 Å². The molecular weight excluding hydrogens is 452 g/mol. The summed E-state index contributed by atoms with van der Waals surface area (Å²) in [4.78, 5) is 34.3. The average Bonchev–Trinajstić information content (AvgIpc) is 3.19. The number of fused-ring (bicyclic) bond motifs is 2. The van der Waals surface area contributed by atoms with Gasteiger partial charge in [0.15, 0.2) is 5.75 Å². The van der Waals surface area contributed by atoms with E-state index >= 15 is 0 Å². The summed E-state index contributed by atoms with van der Waals surface area (Å²) in [6.07, 6.45) is 4.44. The summed E-state index contributed by atoms with van der Waals surface area (Å²) in [5.74, 6) is 1.28. The number of carbonyl (C=O) groups is 2. The van der Waals surface area contributed by atoms with Crippen molar-refractivity contribution >= 4 is 29.1 Å². The first-order valence-corrected chi connectivity index (χ1v) is 11.7. The molecule has 1 N–H and O–H groups in total. The van der Waals surface area contributed by atoms with Crippen LogP contribution in [-0.4, -0.2) is 52.8 Å². The van der Waals surface area contributed by atoms with E-state index in [-0.39, 0.29) is 11.8 Å². The summed E-state index contributed by atoms with van der Waals surface area (Å²) in [6, 6.07) is 16.0. The predicted octanol–water partition coefficient (Wildman–Crippen LogP) is 4.30. The highest BCUT2D eigenvalue weighted by Gasteiger charge is 2.33. The third-order valence-electron chi connectivity index (χ3n) is 6.20. The zero-order valence-electron chi connectivity index (χ0n) is 18.6. The Kier molecular flexibility index (Phi) is 6.36. The first-order chi connectivity index (χ1) is 16.6. The van der Waals surface area contributed by atoms with Crippen LogP contribution in [0, 0.1) is 0 Å². The molecule has 1 atom stereocenters. The number of hydrogen-bond acceptors (Lipinski definition) is 5. The number of anilines is 1. The fraction of sp³-hybridized carbons (Fsp3) is 0.269. The Hall–Kier alpha value is -3.58. The summed E-state index contributed by atoms with van der Waals surface area (Å²) in [5.41, 5.74) is 2.38. The molecule has 1 unspecified atom stereocenters. The number of aromatic nitrogens is 1. The van der Waals surface area contributed by atoms with Gasteiger partial charge in [-0.1, -0.05) is 29.8 Å². The van der Waals surface area contributed by atoms with Crippen LogP contribution in [-0.2, 0) is 16.0 Å². The number of benzene rings is 2. The summed E-state index contributed by atoms with van der Waals surface area (Å²) < 4.78 is 6.11. The Balaban J connectivity index is 1.33. The number of ether oxygens (including phenoxy) is 1. The molecule has 8 heteroatoms. The molecule has 7 nitrogen and oxygen atoms in total. The van der Waals surface area contributed by atoms with Gasteiger partial charge in [0.05, 0.1) is 12.1 Å². The van der Waals surface area contributed by atoms with Gasteiger partial charge in [0.25, 0.3) is 0 Å². The van der Waals surface area contributed by atoms with Crippen molar-refractivity contribution in [3.05, 3.63) is 83.1 Å². The van der Waals surface area contributed by atoms with E-state index in [1.165, 1.54) is 0 Å². The molecule has 1 aromatic heterocycles. The first kappa shape index (κ1) is 22.2. The Morgan fingerprint density at radius 2 is 1.74 bits per heavy atom. The summed E-state index contributed by atoms with van der Waals surface area (Å²) in [6.45, 7) is 2.19. The van der Waals surface area contributed by atoms with E-state index in [9.17, 15) is 9.59 Å². The topological polar surface area (TPSA) is 74.8 Å². The smallest absolute Gasteiger partial charge is 0.249 e. The number of carbonyl (C=O) groups excluding carboxylic acids is 2. The van der Waals surface area contributed by atoms with Crippen molar-refractivity contribution in [2.75, 3.05) is 31.5 Å². The normalized spacial score (nSPS) is 17.4. The standard InChI is InChI=1S/C26H25ClN4O3/c27-19-6-7-23-21(17-19)29-25(20-4-1-2-5-22(20)34-23)26(33)31-13-3-12-30(14-15-31)24(32)16-18-8-10-28-11-9-18/h1-2,4-11,17,25,29H,3,12-16H2. The van der Waals surface area contributed by atoms with E-state index in [0.29, 0.717) is 54.8 Å². The molecule has 2 amide bonds. The van der Waals surface area contributed by atoms with Crippen LogP contribution in [0.1, 0.15) is 23.6 Å². The van der Waals surface area contributed by atoms with Crippen LogP contribution in [0.3, 0.4) is 0 Å². The van der Waals surface area contributed by atoms with Crippen molar-refractivity contribution < 1.29 is 14.3 Å². The highest BCUT2D eigenvalue weighted by atomic mass is 35.5. The van der Waals surface area contributed by atoms with Crippen LogP contribution >= 0.6 is 11.6 Å². The van der Waals surface area contributed by atoms with Crippen molar-refractivity contribution in [3.63, 3.8) is 0 Å². The van der Waals surface area contributed by atoms with Gasteiger partial charge >= 0.3 is 0 Å². The lowest BCUT2D eigenvalue weighted by Crippen LogP contribution is -2.41.